The summed E-state index contributed by atoms with van der Waals surface area (Å²) < 4.78 is 6.04. The third-order valence-electron chi connectivity index (χ3n) is 2.32. The number of nitro groups is 1. The first-order chi connectivity index (χ1) is 9.10. The summed E-state index contributed by atoms with van der Waals surface area (Å²) in [5.74, 6) is 0.594. The van der Waals surface area contributed by atoms with Gasteiger partial charge in [-0.15, -0.1) is 0 Å². The molecule has 0 aliphatic rings. The van der Waals surface area contributed by atoms with Crippen molar-refractivity contribution in [2.24, 2.45) is 0 Å². The van der Waals surface area contributed by atoms with Crippen LogP contribution >= 0.6 is 15.9 Å². The molecule has 2 rings (SSSR count). The van der Waals surface area contributed by atoms with E-state index < -0.39 is 4.92 Å². The molecule has 0 aliphatic carbocycles. The van der Waals surface area contributed by atoms with Crippen molar-refractivity contribution >= 4 is 21.6 Å². The molecule has 1 aromatic heterocycles. The topological polar surface area (TPSA) is 85.5 Å². The number of aliphatic hydroxyl groups excluding tert-OH is 1. The van der Waals surface area contributed by atoms with Crippen LogP contribution in [0.3, 0.4) is 0 Å². The first kappa shape index (κ1) is 13.4. The van der Waals surface area contributed by atoms with Gasteiger partial charge < -0.3 is 9.84 Å². The molecule has 0 amide bonds. The second kappa shape index (κ2) is 5.77. The Balaban J connectivity index is 2.26. The van der Waals surface area contributed by atoms with Crippen LogP contribution in [0.15, 0.2) is 41.0 Å². The van der Waals surface area contributed by atoms with E-state index in [1.165, 1.54) is 24.4 Å². The predicted molar refractivity (Wildman–Crippen MR) is 71.0 cm³/mol. The van der Waals surface area contributed by atoms with E-state index in [0.29, 0.717) is 21.7 Å². The van der Waals surface area contributed by atoms with Crippen LogP contribution in [0.5, 0.6) is 11.6 Å². The van der Waals surface area contributed by atoms with Gasteiger partial charge in [-0.05, 0) is 33.6 Å². The van der Waals surface area contributed by atoms with Gasteiger partial charge in [-0.2, -0.15) is 0 Å². The summed E-state index contributed by atoms with van der Waals surface area (Å²) in [6.45, 7) is -0.103. The fourth-order valence-electron chi connectivity index (χ4n) is 1.36. The van der Waals surface area contributed by atoms with Gasteiger partial charge in [0.05, 0.1) is 22.1 Å². The summed E-state index contributed by atoms with van der Waals surface area (Å²) in [5.41, 5.74) is 0.593. The van der Waals surface area contributed by atoms with Crippen molar-refractivity contribution in [2.75, 3.05) is 0 Å². The molecule has 0 saturated heterocycles. The molecular weight excluding hydrogens is 316 g/mol. The fourth-order valence-corrected chi connectivity index (χ4v) is 1.69. The molecule has 0 unspecified atom stereocenters. The lowest BCUT2D eigenvalue weighted by Gasteiger charge is -2.06. The summed E-state index contributed by atoms with van der Waals surface area (Å²) in [5, 5.41) is 19.6. The van der Waals surface area contributed by atoms with Gasteiger partial charge >= 0.3 is 0 Å². The molecule has 1 N–H and O–H groups in total. The zero-order valence-corrected chi connectivity index (χ0v) is 11.2. The Labute approximate surface area is 117 Å². The largest absolute Gasteiger partial charge is 0.438 e. The monoisotopic (exact) mass is 324 g/mol. The number of non-ortho nitro benzene ring substituents is 1. The second-order valence-corrected chi connectivity index (χ2v) is 4.49. The fraction of sp³-hybridized carbons (Fsp3) is 0.0833. The van der Waals surface area contributed by atoms with E-state index >= 15 is 0 Å². The minimum atomic E-state index is -0.498. The Hall–Kier alpha value is -1.99. The van der Waals surface area contributed by atoms with E-state index in [0.717, 1.165) is 0 Å². The van der Waals surface area contributed by atoms with Crippen LogP contribution in [0.25, 0.3) is 0 Å². The molecule has 0 bridgehead atoms. The lowest BCUT2D eigenvalue weighted by molar-refractivity contribution is -0.384. The third kappa shape index (κ3) is 3.27. The molecule has 1 aromatic carbocycles. The van der Waals surface area contributed by atoms with E-state index in [1.54, 1.807) is 12.1 Å². The number of aromatic nitrogens is 1. The number of pyridine rings is 1. The van der Waals surface area contributed by atoms with Gasteiger partial charge in [0.25, 0.3) is 5.69 Å². The van der Waals surface area contributed by atoms with Crippen LogP contribution in [0.1, 0.15) is 5.56 Å². The Kier molecular flexibility index (Phi) is 4.08. The smallest absolute Gasteiger partial charge is 0.273 e. The lowest BCUT2D eigenvalue weighted by atomic mass is 10.3. The van der Waals surface area contributed by atoms with Crippen LogP contribution in [0.4, 0.5) is 5.69 Å². The lowest BCUT2D eigenvalue weighted by Crippen LogP contribution is -1.93. The normalized spacial score (nSPS) is 10.2. The SMILES string of the molecule is O=[N+]([O-])c1ccc(Br)c(Oc2ccc(CO)cn2)c1. The van der Waals surface area contributed by atoms with Crippen LogP contribution in [-0.4, -0.2) is 15.0 Å². The zero-order valence-electron chi connectivity index (χ0n) is 9.62. The van der Waals surface area contributed by atoms with Crippen molar-refractivity contribution < 1.29 is 14.8 Å². The first-order valence-electron chi connectivity index (χ1n) is 5.27. The zero-order chi connectivity index (χ0) is 13.8. The predicted octanol–water partition coefficient (Wildman–Crippen LogP) is 3.04. The highest BCUT2D eigenvalue weighted by Gasteiger charge is 2.11. The summed E-state index contributed by atoms with van der Waals surface area (Å²) in [6.07, 6.45) is 1.47. The highest BCUT2D eigenvalue weighted by molar-refractivity contribution is 9.10. The number of halogens is 1. The van der Waals surface area contributed by atoms with Gasteiger partial charge in [-0.1, -0.05) is 0 Å². The first-order valence-corrected chi connectivity index (χ1v) is 6.07. The molecule has 6 nitrogen and oxygen atoms in total. The number of hydrogen-bond acceptors (Lipinski definition) is 5. The minimum Gasteiger partial charge on any atom is -0.438 e. The van der Waals surface area contributed by atoms with Crippen molar-refractivity contribution in [3.63, 3.8) is 0 Å². The molecule has 1 heterocycles. The van der Waals surface area contributed by atoms with Crippen LogP contribution < -0.4 is 4.74 Å². The van der Waals surface area contributed by atoms with Crippen molar-refractivity contribution in [1.29, 1.82) is 0 Å². The van der Waals surface area contributed by atoms with E-state index in [-0.39, 0.29) is 12.3 Å². The van der Waals surface area contributed by atoms with Crippen LogP contribution in [0.2, 0.25) is 0 Å². The van der Waals surface area contributed by atoms with Gasteiger partial charge in [0.15, 0.2) is 5.75 Å². The third-order valence-corrected chi connectivity index (χ3v) is 2.98. The van der Waals surface area contributed by atoms with Crippen molar-refractivity contribution in [2.45, 2.75) is 6.61 Å². The minimum absolute atomic E-state index is 0.0646. The average molecular weight is 325 g/mol. The molecule has 0 spiro atoms. The maximum absolute atomic E-state index is 10.7. The van der Waals surface area contributed by atoms with Gasteiger partial charge in [0.1, 0.15) is 0 Å². The van der Waals surface area contributed by atoms with Crippen molar-refractivity contribution in [3.05, 3.63) is 56.7 Å². The maximum atomic E-state index is 10.7. The number of rotatable bonds is 4. The highest BCUT2D eigenvalue weighted by atomic mass is 79.9. The summed E-state index contributed by atoms with van der Waals surface area (Å²) in [7, 11) is 0. The molecule has 98 valence electrons. The molecule has 0 radical (unpaired) electrons. The number of hydrogen-bond donors (Lipinski definition) is 1. The standard InChI is InChI=1S/C12H9BrN2O4/c13-10-3-2-9(15(17)18)5-11(10)19-12-4-1-8(7-16)6-14-12/h1-6,16H,7H2. The number of ether oxygens (including phenoxy) is 1. The highest BCUT2D eigenvalue weighted by Crippen LogP contribution is 2.32. The van der Waals surface area contributed by atoms with E-state index in [1.807, 2.05) is 0 Å². The number of nitrogens with zero attached hydrogens (tertiary/aromatic N) is 2. The summed E-state index contributed by atoms with van der Waals surface area (Å²) in [6, 6.07) is 7.46. The molecule has 19 heavy (non-hydrogen) atoms. The van der Waals surface area contributed by atoms with E-state index in [9.17, 15) is 10.1 Å². The summed E-state index contributed by atoms with van der Waals surface area (Å²) >= 11 is 3.25. The molecule has 0 aliphatic heterocycles. The van der Waals surface area contributed by atoms with Gasteiger partial charge in [0, 0.05) is 18.3 Å². The number of aliphatic hydroxyl groups is 1. The average Bonchev–Trinajstić information content (AvgIpc) is 2.42. The van der Waals surface area contributed by atoms with Crippen LogP contribution in [0, 0.1) is 10.1 Å². The van der Waals surface area contributed by atoms with Gasteiger partial charge in [0.2, 0.25) is 5.88 Å². The molecule has 0 saturated carbocycles. The van der Waals surface area contributed by atoms with Gasteiger partial charge in [-0.3, -0.25) is 10.1 Å². The number of benzene rings is 1. The van der Waals surface area contributed by atoms with Gasteiger partial charge in [-0.25, -0.2) is 4.98 Å². The van der Waals surface area contributed by atoms with Crippen LogP contribution in [-0.2, 0) is 6.61 Å². The van der Waals surface area contributed by atoms with Crippen molar-refractivity contribution in [3.8, 4) is 11.6 Å². The maximum Gasteiger partial charge on any atom is 0.273 e. The molecule has 0 atom stereocenters. The van der Waals surface area contributed by atoms with E-state index in [4.69, 9.17) is 9.84 Å². The quantitative estimate of drug-likeness (QED) is 0.690. The molecular formula is C12H9BrN2O4. The van der Waals surface area contributed by atoms with Crippen molar-refractivity contribution in [1.82, 2.24) is 4.98 Å². The Bertz CT molecular complexity index is 601. The van der Waals surface area contributed by atoms with E-state index in [2.05, 4.69) is 20.9 Å². The second-order valence-electron chi connectivity index (χ2n) is 3.64. The summed E-state index contributed by atoms with van der Waals surface area (Å²) in [4.78, 5) is 14.2. The Morgan fingerprint density at radius 2 is 2.16 bits per heavy atom. The Morgan fingerprint density at radius 1 is 1.37 bits per heavy atom. The molecule has 7 heteroatoms. The molecule has 2 aromatic rings. The molecule has 0 fully saturated rings. The Morgan fingerprint density at radius 3 is 2.74 bits per heavy atom. The number of nitro benzene ring substituents is 1.